The average molecular weight is 261 g/mol. The van der Waals surface area contributed by atoms with Gasteiger partial charge in [-0.25, -0.2) is 0 Å². The van der Waals surface area contributed by atoms with E-state index in [4.69, 9.17) is 0 Å². The van der Waals surface area contributed by atoms with E-state index in [9.17, 15) is 0 Å². The molecule has 2 unspecified atom stereocenters. The van der Waals surface area contributed by atoms with Crippen molar-refractivity contribution in [2.24, 2.45) is 0 Å². The molecule has 5 nitrogen and oxygen atoms in total. The van der Waals surface area contributed by atoms with E-state index in [0.29, 0.717) is 12.0 Å². The van der Waals surface area contributed by atoms with Gasteiger partial charge in [-0.05, 0) is 33.2 Å². The Kier molecular flexibility index (Phi) is 4.47. The molecule has 0 aliphatic carbocycles. The van der Waals surface area contributed by atoms with E-state index in [1.807, 2.05) is 23.7 Å². The first-order valence-electron chi connectivity index (χ1n) is 7.08. The molecular formula is C14H23N5. The molecule has 0 saturated carbocycles. The Morgan fingerprint density at radius 2 is 2.11 bits per heavy atom. The molecule has 0 spiro atoms. The van der Waals surface area contributed by atoms with Crippen molar-refractivity contribution in [3.8, 4) is 0 Å². The fourth-order valence-corrected chi connectivity index (χ4v) is 2.52. The molecule has 2 aromatic rings. The van der Waals surface area contributed by atoms with Gasteiger partial charge < -0.3 is 5.32 Å². The molecular weight excluding hydrogens is 238 g/mol. The summed E-state index contributed by atoms with van der Waals surface area (Å²) in [7, 11) is 0. The summed E-state index contributed by atoms with van der Waals surface area (Å²) in [6.07, 6.45) is 5.94. The van der Waals surface area contributed by atoms with Crippen molar-refractivity contribution in [3.05, 3.63) is 23.9 Å². The molecule has 0 aliphatic rings. The maximum absolute atomic E-state index is 4.56. The number of hydrogen-bond donors (Lipinski definition) is 1. The van der Waals surface area contributed by atoms with Gasteiger partial charge in [0.1, 0.15) is 5.82 Å². The van der Waals surface area contributed by atoms with Crippen LogP contribution in [-0.4, -0.2) is 32.2 Å². The van der Waals surface area contributed by atoms with Crippen LogP contribution < -0.4 is 5.32 Å². The zero-order chi connectivity index (χ0) is 13.8. The van der Waals surface area contributed by atoms with Gasteiger partial charge in [-0.15, -0.1) is 10.2 Å². The van der Waals surface area contributed by atoms with E-state index >= 15 is 0 Å². The molecule has 0 aromatic carbocycles. The van der Waals surface area contributed by atoms with Crippen molar-refractivity contribution < 1.29 is 0 Å². The minimum Gasteiger partial charge on any atom is -0.314 e. The molecule has 1 N–H and O–H groups in total. The third-order valence-corrected chi connectivity index (χ3v) is 3.64. The molecule has 0 saturated heterocycles. The third-order valence-electron chi connectivity index (χ3n) is 3.64. The molecule has 2 aromatic heterocycles. The topological polar surface area (TPSA) is 55.1 Å². The Labute approximate surface area is 114 Å². The predicted molar refractivity (Wildman–Crippen MR) is 76.3 cm³/mol. The SMILES string of the molecule is CCCNC(C)C(CC)c1nccn2c(C)nnc12. The number of aryl methyl sites for hydroxylation is 1. The van der Waals surface area contributed by atoms with Gasteiger partial charge in [-0.1, -0.05) is 13.8 Å². The maximum Gasteiger partial charge on any atom is 0.182 e. The highest BCUT2D eigenvalue weighted by molar-refractivity contribution is 5.45. The van der Waals surface area contributed by atoms with Gasteiger partial charge in [0.05, 0.1) is 5.69 Å². The van der Waals surface area contributed by atoms with Gasteiger partial charge in [0, 0.05) is 24.4 Å². The average Bonchev–Trinajstić information content (AvgIpc) is 2.80. The molecule has 5 heteroatoms. The van der Waals surface area contributed by atoms with Crippen LogP contribution in [0.4, 0.5) is 0 Å². The lowest BCUT2D eigenvalue weighted by molar-refractivity contribution is 0.444. The van der Waals surface area contributed by atoms with E-state index in [0.717, 1.165) is 36.6 Å². The Bertz CT molecular complexity index is 534. The molecule has 2 heterocycles. The second kappa shape index (κ2) is 6.10. The highest BCUT2D eigenvalue weighted by Crippen LogP contribution is 2.24. The van der Waals surface area contributed by atoms with E-state index in [2.05, 4.69) is 41.3 Å². The van der Waals surface area contributed by atoms with E-state index in [1.54, 1.807) is 0 Å². The number of nitrogens with zero attached hydrogens (tertiary/aromatic N) is 4. The summed E-state index contributed by atoms with van der Waals surface area (Å²) in [5.74, 6) is 1.27. The number of aromatic nitrogens is 4. The summed E-state index contributed by atoms with van der Waals surface area (Å²) < 4.78 is 2.01. The zero-order valence-electron chi connectivity index (χ0n) is 12.2. The monoisotopic (exact) mass is 261 g/mol. The molecule has 104 valence electrons. The third kappa shape index (κ3) is 2.76. The van der Waals surface area contributed by atoms with E-state index < -0.39 is 0 Å². The quantitative estimate of drug-likeness (QED) is 0.867. The smallest absolute Gasteiger partial charge is 0.182 e. The lowest BCUT2D eigenvalue weighted by atomic mass is 9.94. The summed E-state index contributed by atoms with van der Waals surface area (Å²) in [5, 5.41) is 12.0. The predicted octanol–water partition coefficient (Wildman–Crippen LogP) is 2.31. The van der Waals surface area contributed by atoms with Crippen LogP contribution in [0.3, 0.4) is 0 Å². The van der Waals surface area contributed by atoms with Gasteiger partial charge >= 0.3 is 0 Å². The van der Waals surface area contributed by atoms with E-state index in [-0.39, 0.29) is 0 Å². The lowest BCUT2D eigenvalue weighted by Gasteiger charge is -2.23. The summed E-state index contributed by atoms with van der Waals surface area (Å²) in [4.78, 5) is 4.56. The fraction of sp³-hybridized carbons (Fsp3) is 0.643. The minimum atomic E-state index is 0.360. The van der Waals surface area contributed by atoms with Crippen LogP contribution in [0.2, 0.25) is 0 Å². The van der Waals surface area contributed by atoms with Crippen LogP contribution in [0.15, 0.2) is 12.4 Å². The van der Waals surface area contributed by atoms with Gasteiger partial charge in [0.15, 0.2) is 5.65 Å². The molecule has 0 amide bonds. The molecule has 2 rings (SSSR count). The van der Waals surface area contributed by atoms with Crippen molar-refractivity contribution in [3.63, 3.8) is 0 Å². The highest BCUT2D eigenvalue weighted by atomic mass is 15.2. The standard InChI is InChI=1S/C14H23N5/c1-5-7-15-10(3)12(6-2)13-14-18-17-11(4)19(14)9-8-16-13/h8-10,12,15H,5-7H2,1-4H3. The van der Waals surface area contributed by atoms with Crippen LogP contribution in [0.5, 0.6) is 0 Å². The first-order valence-corrected chi connectivity index (χ1v) is 7.08. The fourth-order valence-electron chi connectivity index (χ4n) is 2.52. The van der Waals surface area contributed by atoms with Crippen molar-refractivity contribution in [1.82, 2.24) is 24.9 Å². The second-order valence-corrected chi connectivity index (χ2v) is 5.01. The Balaban J connectivity index is 2.35. The minimum absolute atomic E-state index is 0.360. The van der Waals surface area contributed by atoms with Gasteiger partial charge in [0.25, 0.3) is 0 Å². The molecule has 19 heavy (non-hydrogen) atoms. The normalized spacial score (nSPS) is 14.7. The van der Waals surface area contributed by atoms with Crippen LogP contribution in [0.1, 0.15) is 51.0 Å². The van der Waals surface area contributed by atoms with Crippen molar-refractivity contribution in [1.29, 1.82) is 0 Å². The van der Waals surface area contributed by atoms with Crippen LogP contribution in [0, 0.1) is 6.92 Å². The lowest BCUT2D eigenvalue weighted by Crippen LogP contribution is -2.33. The summed E-state index contributed by atoms with van der Waals surface area (Å²) in [6.45, 7) is 9.60. The van der Waals surface area contributed by atoms with Gasteiger partial charge in [0.2, 0.25) is 0 Å². The van der Waals surface area contributed by atoms with Crippen molar-refractivity contribution in [2.45, 2.75) is 52.5 Å². The zero-order valence-corrected chi connectivity index (χ0v) is 12.2. The van der Waals surface area contributed by atoms with Crippen LogP contribution in [-0.2, 0) is 0 Å². The van der Waals surface area contributed by atoms with Crippen LogP contribution in [0.25, 0.3) is 5.65 Å². The Morgan fingerprint density at radius 1 is 1.32 bits per heavy atom. The molecule has 0 bridgehead atoms. The number of fused-ring (bicyclic) bond motifs is 1. The molecule has 0 radical (unpaired) electrons. The maximum atomic E-state index is 4.56. The van der Waals surface area contributed by atoms with Crippen molar-refractivity contribution >= 4 is 5.65 Å². The molecule has 0 aliphatic heterocycles. The number of nitrogens with one attached hydrogen (secondary N) is 1. The summed E-state index contributed by atoms with van der Waals surface area (Å²) in [6, 6.07) is 0.389. The van der Waals surface area contributed by atoms with Crippen molar-refractivity contribution in [2.75, 3.05) is 6.54 Å². The second-order valence-electron chi connectivity index (χ2n) is 5.01. The number of rotatable bonds is 6. The van der Waals surface area contributed by atoms with E-state index in [1.165, 1.54) is 0 Å². The summed E-state index contributed by atoms with van der Waals surface area (Å²) in [5.41, 5.74) is 1.93. The Hall–Kier alpha value is -1.49. The van der Waals surface area contributed by atoms with Gasteiger partial charge in [-0.2, -0.15) is 0 Å². The Morgan fingerprint density at radius 3 is 2.79 bits per heavy atom. The first-order chi connectivity index (χ1) is 9.19. The molecule has 2 atom stereocenters. The largest absolute Gasteiger partial charge is 0.314 e. The summed E-state index contributed by atoms with van der Waals surface area (Å²) >= 11 is 0. The first kappa shape index (κ1) is 13.9. The van der Waals surface area contributed by atoms with Gasteiger partial charge in [-0.3, -0.25) is 9.38 Å². The number of hydrogen-bond acceptors (Lipinski definition) is 4. The highest BCUT2D eigenvalue weighted by Gasteiger charge is 2.22. The molecule has 0 fully saturated rings. The van der Waals surface area contributed by atoms with Crippen LogP contribution >= 0.6 is 0 Å².